The Kier molecular flexibility index (Phi) is 5.42. The molecule has 3 fully saturated rings. The molecule has 0 bridgehead atoms. The van der Waals surface area contributed by atoms with E-state index in [1.165, 1.54) is 24.3 Å². The molecule has 0 aromatic heterocycles. The normalized spacial score (nSPS) is 34.9. The van der Waals surface area contributed by atoms with E-state index in [4.69, 9.17) is 0 Å². The lowest BCUT2D eigenvalue weighted by Crippen LogP contribution is -2.50. The van der Waals surface area contributed by atoms with Crippen LogP contribution >= 0.6 is 0 Å². The molecular weight excluding hydrogens is 440 g/mol. The Morgan fingerprint density at radius 2 is 1.71 bits per heavy atom. The lowest BCUT2D eigenvalue weighted by atomic mass is 9.48. The van der Waals surface area contributed by atoms with Crippen molar-refractivity contribution in [1.82, 2.24) is 0 Å². The third kappa shape index (κ3) is 3.51. The molecule has 5 atom stereocenters. The van der Waals surface area contributed by atoms with Crippen molar-refractivity contribution in [1.29, 1.82) is 0 Å². The Labute approximate surface area is 205 Å². The third-order valence-electron chi connectivity index (χ3n) is 9.18. The average Bonchev–Trinajstić information content (AvgIpc) is 3.13. The number of carbonyl (C=O) groups excluding carboxylic acids is 4. The number of phenolic OH excluding ortho intramolecular Hbond substituents is 1. The Bertz CT molecular complexity index is 1280. The van der Waals surface area contributed by atoms with E-state index in [9.17, 15) is 24.3 Å². The van der Waals surface area contributed by atoms with Gasteiger partial charge in [-0.1, -0.05) is 44.2 Å². The van der Waals surface area contributed by atoms with Crippen LogP contribution in [0.25, 0.3) is 0 Å². The van der Waals surface area contributed by atoms with Crippen molar-refractivity contribution in [2.24, 2.45) is 28.6 Å². The molecule has 0 aliphatic heterocycles. The molecule has 0 spiro atoms. The fraction of sp³-hybridized carbons (Fsp3) is 0.400. The lowest BCUT2D eigenvalue weighted by Gasteiger charge is -2.56. The first-order valence-electron chi connectivity index (χ1n) is 12.3. The number of allylic oxidation sites excluding steroid dienone is 7. The summed E-state index contributed by atoms with van der Waals surface area (Å²) in [4.78, 5) is 46.7. The molecule has 3 saturated carbocycles. The number of benzene rings is 1. The molecule has 0 unspecified atom stereocenters. The zero-order chi connectivity index (χ0) is 25.1. The smallest absolute Gasteiger partial charge is 0.190 e. The van der Waals surface area contributed by atoms with Gasteiger partial charge in [0.1, 0.15) is 11.5 Å². The number of phenols is 1. The molecule has 0 heterocycles. The van der Waals surface area contributed by atoms with Gasteiger partial charge in [0.05, 0.1) is 5.56 Å². The standard InChI is InChI=1S/C20H24O2.C10H6O3/c1-12-10-14-15-4-5-18(22)20(15,3)9-7-16(14)19(2)8-6-13(21)11-17(12)19;11-7-4-5-9(13)10-6(7)2-1-3-8(10)12/h6,8,11,14-16H,1,4-5,7,9-10H2,2-3H3;1-5,12H/t14-,15-,16-,19+,20-;/m0./s1. The van der Waals surface area contributed by atoms with Crippen LogP contribution in [0.5, 0.6) is 5.75 Å². The van der Waals surface area contributed by atoms with E-state index in [0.29, 0.717) is 23.5 Å². The number of hydrogen-bond donors (Lipinski definition) is 1. The maximum Gasteiger partial charge on any atom is 0.190 e. The second kappa shape index (κ2) is 8.11. The van der Waals surface area contributed by atoms with E-state index >= 15 is 0 Å². The topological polar surface area (TPSA) is 88.5 Å². The molecule has 0 radical (unpaired) electrons. The number of fused-ring (bicyclic) bond motifs is 6. The average molecular weight is 471 g/mol. The van der Waals surface area contributed by atoms with Gasteiger partial charge in [0.2, 0.25) is 0 Å². The van der Waals surface area contributed by atoms with Crippen LogP contribution in [0.3, 0.4) is 0 Å². The zero-order valence-corrected chi connectivity index (χ0v) is 20.2. The summed E-state index contributed by atoms with van der Waals surface area (Å²) >= 11 is 0. The van der Waals surface area contributed by atoms with E-state index in [2.05, 4.69) is 26.5 Å². The number of hydrogen-bond acceptors (Lipinski definition) is 5. The fourth-order valence-corrected chi connectivity index (χ4v) is 7.31. The number of rotatable bonds is 0. The first kappa shape index (κ1) is 23.4. The van der Waals surface area contributed by atoms with Crippen LogP contribution in [0.4, 0.5) is 0 Å². The molecule has 180 valence electrons. The molecule has 0 amide bonds. The molecule has 0 saturated heterocycles. The summed E-state index contributed by atoms with van der Waals surface area (Å²) in [7, 11) is 0. The minimum absolute atomic E-state index is 0.0686. The Morgan fingerprint density at radius 1 is 0.971 bits per heavy atom. The van der Waals surface area contributed by atoms with Crippen LogP contribution in [-0.2, 0) is 9.59 Å². The number of ketones is 4. The van der Waals surface area contributed by atoms with Crippen LogP contribution < -0.4 is 0 Å². The maximum absolute atomic E-state index is 12.4. The van der Waals surface area contributed by atoms with E-state index in [-0.39, 0.29) is 45.1 Å². The Balaban J connectivity index is 0.000000166. The van der Waals surface area contributed by atoms with Gasteiger partial charge in [0, 0.05) is 22.8 Å². The molecule has 1 aromatic rings. The van der Waals surface area contributed by atoms with Crippen molar-refractivity contribution in [3.05, 3.63) is 77.4 Å². The summed E-state index contributed by atoms with van der Waals surface area (Å²) in [6.07, 6.45) is 12.9. The molecule has 1 aromatic carbocycles. The second-order valence-electron chi connectivity index (χ2n) is 10.9. The number of aromatic hydroxyl groups is 1. The molecule has 1 N–H and O–H groups in total. The van der Waals surface area contributed by atoms with Crippen molar-refractivity contribution in [2.75, 3.05) is 0 Å². The summed E-state index contributed by atoms with van der Waals surface area (Å²) in [5.41, 5.74) is 2.47. The first-order chi connectivity index (χ1) is 16.6. The van der Waals surface area contributed by atoms with Gasteiger partial charge < -0.3 is 5.11 Å². The molecule has 5 aliphatic rings. The van der Waals surface area contributed by atoms with E-state index < -0.39 is 0 Å². The van der Waals surface area contributed by atoms with Gasteiger partial charge in [-0.3, -0.25) is 19.2 Å². The lowest BCUT2D eigenvalue weighted by molar-refractivity contribution is -0.131. The summed E-state index contributed by atoms with van der Waals surface area (Å²) < 4.78 is 0. The zero-order valence-electron chi connectivity index (χ0n) is 20.2. The SMILES string of the molecule is C=C1C[C@@H]2[C@H](CC[C@]3(C)C(=O)CC[C@@H]23)[C@@]2(C)C=CC(=O)C=C12.O=C1C=CC(=O)c2c(O)cccc21. The van der Waals surface area contributed by atoms with Gasteiger partial charge >= 0.3 is 0 Å². The largest absolute Gasteiger partial charge is 0.507 e. The molecule has 6 rings (SSSR count). The Hall–Kier alpha value is -3.34. The molecule has 5 heteroatoms. The molecule has 5 nitrogen and oxygen atoms in total. The van der Waals surface area contributed by atoms with Crippen LogP contribution in [0.1, 0.15) is 66.7 Å². The monoisotopic (exact) mass is 470 g/mol. The summed E-state index contributed by atoms with van der Waals surface area (Å²) in [5.74, 6) is 1.43. The van der Waals surface area contributed by atoms with Crippen LogP contribution in [-0.4, -0.2) is 28.2 Å². The maximum atomic E-state index is 12.4. The van der Waals surface area contributed by atoms with Crippen molar-refractivity contribution >= 4 is 23.1 Å². The predicted octanol–water partition coefficient (Wildman–Crippen LogP) is 5.36. The predicted molar refractivity (Wildman–Crippen MR) is 132 cm³/mol. The second-order valence-corrected chi connectivity index (χ2v) is 10.9. The third-order valence-corrected chi connectivity index (χ3v) is 9.18. The Morgan fingerprint density at radius 3 is 2.46 bits per heavy atom. The minimum atomic E-state index is -0.326. The van der Waals surface area contributed by atoms with Gasteiger partial charge in [-0.05, 0) is 79.4 Å². The molecule has 35 heavy (non-hydrogen) atoms. The van der Waals surface area contributed by atoms with E-state index in [0.717, 1.165) is 43.3 Å². The van der Waals surface area contributed by atoms with Gasteiger partial charge in [-0.2, -0.15) is 0 Å². The van der Waals surface area contributed by atoms with Crippen molar-refractivity contribution in [2.45, 2.75) is 46.0 Å². The van der Waals surface area contributed by atoms with Gasteiger partial charge in [-0.25, -0.2) is 0 Å². The quantitative estimate of drug-likeness (QED) is 0.552. The number of Topliss-reactive ketones (excluding diaryl/α,β-unsaturated/α-hetero) is 1. The fourth-order valence-electron chi connectivity index (χ4n) is 7.31. The van der Waals surface area contributed by atoms with Crippen molar-refractivity contribution in [3.63, 3.8) is 0 Å². The highest BCUT2D eigenvalue weighted by molar-refractivity contribution is 6.23. The van der Waals surface area contributed by atoms with Crippen molar-refractivity contribution < 1.29 is 24.3 Å². The molecule has 5 aliphatic carbocycles. The minimum Gasteiger partial charge on any atom is -0.507 e. The van der Waals surface area contributed by atoms with Crippen molar-refractivity contribution in [3.8, 4) is 5.75 Å². The highest BCUT2D eigenvalue weighted by Gasteiger charge is 2.59. The summed E-state index contributed by atoms with van der Waals surface area (Å²) in [6, 6.07) is 4.46. The van der Waals surface area contributed by atoms with E-state index in [1.54, 1.807) is 18.2 Å². The van der Waals surface area contributed by atoms with Crippen LogP contribution in [0.15, 0.2) is 66.3 Å². The summed E-state index contributed by atoms with van der Waals surface area (Å²) in [6.45, 7) is 8.75. The van der Waals surface area contributed by atoms with Gasteiger partial charge in [0.25, 0.3) is 0 Å². The van der Waals surface area contributed by atoms with Crippen LogP contribution in [0.2, 0.25) is 0 Å². The number of carbonyl (C=O) groups is 4. The summed E-state index contributed by atoms with van der Waals surface area (Å²) in [5, 5.41) is 9.34. The van der Waals surface area contributed by atoms with Gasteiger partial charge in [0.15, 0.2) is 17.3 Å². The molecular formula is C30H30O5. The van der Waals surface area contributed by atoms with Crippen LogP contribution in [0, 0.1) is 28.6 Å². The first-order valence-corrected chi connectivity index (χ1v) is 12.3. The highest BCUT2D eigenvalue weighted by atomic mass is 16.3. The van der Waals surface area contributed by atoms with Gasteiger partial charge in [-0.15, -0.1) is 0 Å². The van der Waals surface area contributed by atoms with E-state index in [1.807, 2.05) is 0 Å². The highest BCUT2D eigenvalue weighted by Crippen LogP contribution is 2.64.